The van der Waals surface area contributed by atoms with Crippen LogP contribution in [-0.2, 0) is 16.1 Å². The molecule has 2 saturated heterocycles. The Kier molecular flexibility index (Phi) is 7.01. The van der Waals surface area contributed by atoms with Crippen LogP contribution in [0, 0.1) is 0 Å². The van der Waals surface area contributed by atoms with Crippen molar-refractivity contribution >= 4 is 16.7 Å². The Labute approximate surface area is 207 Å². The number of nitrogens with zero attached hydrogens (tertiary/aromatic N) is 3. The molecule has 10 nitrogen and oxygen atoms in total. The van der Waals surface area contributed by atoms with Gasteiger partial charge < -0.3 is 19.8 Å². The lowest BCUT2D eigenvalue weighted by Crippen LogP contribution is -2.48. The Morgan fingerprint density at radius 2 is 1.72 bits per heavy atom. The largest absolute Gasteiger partial charge is 0.388 e. The maximum absolute atomic E-state index is 12.8. The lowest BCUT2D eigenvalue weighted by molar-refractivity contribution is -0.134. The lowest BCUT2D eigenvalue weighted by atomic mass is 10.0. The minimum atomic E-state index is -1.36. The van der Waals surface area contributed by atoms with Crippen LogP contribution in [0.5, 0.6) is 0 Å². The Bertz CT molecular complexity index is 1340. The molecule has 2 aromatic carbocycles. The van der Waals surface area contributed by atoms with E-state index >= 15 is 0 Å². The highest BCUT2D eigenvalue weighted by molar-refractivity contribution is 5.85. The number of aliphatic hydroxyl groups excluding tert-OH is 2. The zero-order valence-electron chi connectivity index (χ0n) is 19.8. The molecule has 0 bridgehead atoms. The number of carbonyl (C=O) groups is 1. The van der Waals surface area contributed by atoms with Crippen LogP contribution in [0.3, 0.4) is 0 Å². The molecule has 10 heteroatoms. The Morgan fingerprint density at radius 3 is 2.50 bits per heavy atom. The van der Waals surface area contributed by atoms with Crippen molar-refractivity contribution in [2.75, 3.05) is 26.2 Å². The molecule has 2 fully saturated rings. The number of benzene rings is 2. The molecule has 5 rings (SSSR count). The summed E-state index contributed by atoms with van der Waals surface area (Å²) in [6, 6.07) is 15.8. The third-order valence-corrected chi connectivity index (χ3v) is 7.10. The van der Waals surface area contributed by atoms with Gasteiger partial charge in [-0.05, 0) is 22.8 Å². The molecule has 0 unspecified atom stereocenters. The zero-order valence-corrected chi connectivity index (χ0v) is 19.8. The van der Waals surface area contributed by atoms with E-state index in [1.54, 1.807) is 0 Å². The van der Waals surface area contributed by atoms with E-state index in [1.807, 2.05) is 17.0 Å². The number of aromatic nitrogens is 2. The number of amides is 1. The van der Waals surface area contributed by atoms with Gasteiger partial charge in [0.05, 0.1) is 6.10 Å². The molecule has 2 aliphatic heterocycles. The Hall–Kier alpha value is -3.31. The summed E-state index contributed by atoms with van der Waals surface area (Å²) in [6.07, 6.45) is -2.96. The number of ether oxygens (including phenoxy) is 1. The van der Waals surface area contributed by atoms with Gasteiger partial charge in [0.2, 0.25) is 5.91 Å². The second-order valence-corrected chi connectivity index (χ2v) is 9.40. The molecule has 190 valence electrons. The van der Waals surface area contributed by atoms with E-state index in [4.69, 9.17) is 4.74 Å². The minimum absolute atomic E-state index is 0.0326. The van der Waals surface area contributed by atoms with Gasteiger partial charge in [0.1, 0.15) is 12.2 Å². The first-order valence-corrected chi connectivity index (χ1v) is 12.2. The summed E-state index contributed by atoms with van der Waals surface area (Å²) in [7, 11) is 0. The second-order valence-electron chi connectivity index (χ2n) is 9.40. The zero-order chi connectivity index (χ0) is 25.2. The summed E-state index contributed by atoms with van der Waals surface area (Å²) in [5.74, 6) is -0.0326. The predicted molar refractivity (Wildman–Crippen MR) is 132 cm³/mol. The number of hydrogen-bond donors (Lipinski definition) is 3. The number of hydrogen-bond acceptors (Lipinski definition) is 7. The van der Waals surface area contributed by atoms with E-state index in [1.165, 1.54) is 22.5 Å². The highest BCUT2D eigenvalue weighted by Gasteiger charge is 2.44. The number of carbonyl (C=O) groups excluding carboxylic acids is 1. The monoisotopic (exact) mass is 494 g/mol. The molecule has 3 N–H and O–H groups in total. The van der Waals surface area contributed by atoms with Gasteiger partial charge in [0.15, 0.2) is 6.23 Å². The molecular formula is C26H30N4O6. The molecule has 4 atom stereocenters. The number of H-pyrrole nitrogens is 1. The molecule has 2 aliphatic rings. The fraction of sp³-hybridized carbons (Fsp3) is 0.423. The van der Waals surface area contributed by atoms with Gasteiger partial charge in [-0.25, -0.2) is 4.79 Å². The van der Waals surface area contributed by atoms with Crippen molar-refractivity contribution in [1.82, 2.24) is 19.4 Å². The van der Waals surface area contributed by atoms with Crippen LogP contribution in [0.15, 0.2) is 64.3 Å². The van der Waals surface area contributed by atoms with Crippen LogP contribution in [0.2, 0.25) is 0 Å². The second kappa shape index (κ2) is 10.4. The molecular weight excluding hydrogens is 464 g/mol. The quantitative estimate of drug-likeness (QED) is 0.454. The summed E-state index contributed by atoms with van der Waals surface area (Å²) in [5, 5.41) is 23.3. The SMILES string of the molecule is O=C(CC[C@H]1O[C@@H](n2ccc(=O)[nH]c2=O)[C@H](O)[C@@H]1O)N1CCN(Cc2cccc3ccccc23)CC1. The first kappa shape index (κ1) is 24.4. The summed E-state index contributed by atoms with van der Waals surface area (Å²) in [5.41, 5.74) is -0.0320. The maximum atomic E-state index is 12.8. The number of aliphatic hydroxyl groups is 2. The number of rotatable bonds is 6. The van der Waals surface area contributed by atoms with Crippen LogP contribution in [-0.4, -0.2) is 80.0 Å². The highest BCUT2D eigenvalue weighted by atomic mass is 16.6. The Morgan fingerprint density at radius 1 is 0.972 bits per heavy atom. The van der Waals surface area contributed by atoms with Crippen molar-refractivity contribution in [3.8, 4) is 0 Å². The number of fused-ring (bicyclic) bond motifs is 1. The van der Waals surface area contributed by atoms with E-state index in [0.29, 0.717) is 13.1 Å². The number of aromatic amines is 1. The molecule has 1 amide bonds. The average molecular weight is 495 g/mol. The van der Waals surface area contributed by atoms with Gasteiger partial charge in [-0.3, -0.25) is 24.0 Å². The topological polar surface area (TPSA) is 128 Å². The van der Waals surface area contributed by atoms with Crippen LogP contribution < -0.4 is 11.2 Å². The predicted octanol–water partition coefficient (Wildman–Crippen LogP) is 0.434. The van der Waals surface area contributed by atoms with Gasteiger partial charge in [0.25, 0.3) is 5.56 Å². The molecule has 3 heterocycles. The first-order valence-electron chi connectivity index (χ1n) is 12.2. The van der Waals surface area contributed by atoms with Crippen molar-refractivity contribution in [2.45, 2.75) is 43.9 Å². The standard InChI is InChI=1S/C26H30N4O6/c31-21-10-11-30(26(35)27-21)25-24(34)23(33)20(36-25)8-9-22(32)29-14-12-28(13-15-29)16-18-6-3-5-17-4-1-2-7-19(17)18/h1-7,10-11,20,23-25,33-34H,8-9,12-16H2,(H,27,31,35)/t20-,23-,24-,25-/m1/s1. The molecule has 0 spiro atoms. The summed E-state index contributed by atoms with van der Waals surface area (Å²) in [4.78, 5) is 42.4. The van der Waals surface area contributed by atoms with E-state index in [9.17, 15) is 24.6 Å². The van der Waals surface area contributed by atoms with Gasteiger partial charge in [0, 0.05) is 51.4 Å². The van der Waals surface area contributed by atoms with Gasteiger partial charge in [-0.15, -0.1) is 0 Å². The number of piperazine rings is 1. The van der Waals surface area contributed by atoms with Gasteiger partial charge >= 0.3 is 5.69 Å². The molecule has 0 aliphatic carbocycles. The number of nitrogens with one attached hydrogen (secondary N) is 1. The molecule has 3 aromatic rings. The van der Waals surface area contributed by atoms with Crippen LogP contribution >= 0.6 is 0 Å². The van der Waals surface area contributed by atoms with Crippen LogP contribution in [0.4, 0.5) is 0 Å². The smallest absolute Gasteiger partial charge is 0.330 e. The molecule has 0 radical (unpaired) electrons. The molecule has 36 heavy (non-hydrogen) atoms. The van der Waals surface area contributed by atoms with Crippen LogP contribution in [0.1, 0.15) is 24.6 Å². The molecule has 1 aromatic heterocycles. The normalized spacial score (nSPS) is 24.9. The highest BCUT2D eigenvalue weighted by Crippen LogP contribution is 2.31. The van der Waals surface area contributed by atoms with Gasteiger partial charge in [-0.1, -0.05) is 42.5 Å². The minimum Gasteiger partial charge on any atom is -0.388 e. The van der Waals surface area contributed by atoms with Crippen molar-refractivity contribution in [3.63, 3.8) is 0 Å². The summed E-state index contributed by atoms with van der Waals surface area (Å²) >= 11 is 0. The van der Waals surface area contributed by atoms with Crippen molar-refractivity contribution < 1.29 is 19.7 Å². The van der Waals surface area contributed by atoms with Crippen molar-refractivity contribution in [1.29, 1.82) is 0 Å². The fourth-order valence-electron chi connectivity index (χ4n) is 5.08. The Balaban J connectivity index is 1.13. The maximum Gasteiger partial charge on any atom is 0.330 e. The summed E-state index contributed by atoms with van der Waals surface area (Å²) in [6.45, 7) is 3.61. The first-order chi connectivity index (χ1) is 17.4. The van der Waals surface area contributed by atoms with Crippen molar-refractivity contribution in [2.24, 2.45) is 0 Å². The third-order valence-electron chi connectivity index (χ3n) is 7.10. The van der Waals surface area contributed by atoms with E-state index in [0.717, 1.165) is 30.3 Å². The van der Waals surface area contributed by atoms with E-state index in [-0.39, 0.29) is 18.7 Å². The van der Waals surface area contributed by atoms with Crippen LogP contribution in [0.25, 0.3) is 10.8 Å². The van der Waals surface area contributed by atoms with Crippen molar-refractivity contribution in [3.05, 3.63) is 81.1 Å². The summed E-state index contributed by atoms with van der Waals surface area (Å²) < 4.78 is 6.74. The van der Waals surface area contributed by atoms with Gasteiger partial charge in [-0.2, -0.15) is 0 Å². The fourth-order valence-corrected chi connectivity index (χ4v) is 5.08. The third kappa shape index (κ3) is 4.98. The van der Waals surface area contributed by atoms with E-state index < -0.39 is 35.8 Å². The molecule has 0 saturated carbocycles. The lowest BCUT2D eigenvalue weighted by Gasteiger charge is -2.35. The average Bonchev–Trinajstić information content (AvgIpc) is 3.16. The van der Waals surface area contributed by atoms with E-state index in [2.05, 4.69) is 40.2 Å².